The van der Waals surface area contributed by atoms with Crippen molar-refractivity contribution >= 4 is 17.3 Å². The lowest BCUT2D eigenvalue weighted by molar-refractivity contribution is -0.139. The first-order chi connectivity index (χ1) is 6.77. The van der Waals surface area contributed by atoms with E-state index in [9.17, 15) is 4.79 Å². The van der Waals surface area contributed by atoms with Crippen molar-refractivity contribution in [2.75, 3.05) is 6.54 Å². The SMILES string of the molecule is O=C(O)C(NCC1CC1)c1cccs1. The van der Waals surface area contributed by atoms with Gasteiger partial charge in [0, 0.05) is 4.88 Å². The predicted molar refractivity (Wildman–Crippen MR) is 55.4 cm³/mol. The molecule has 0 bridgehead atoms. The Labute approximate surface area is 86.8 Å². The molecule has 1 unspecified atom stereocenters. The van der Waals surface area contributed by atoms with Crippen molar-refractivity contribution < 1.29 is 9.90 Å². The standard InChI is InChI=1S/C10H13NO2S/c12-10(13)9(8-2-1-5-14-8)11-6-7-3-4-7/h1-2,5,7,9,11H,3-4,6H2,(H,12,13). The van der Waals surface area contributed by atoms with Gasteiger partial charge in [0.2, 0.25) is 0 Å². The molecule has 2 N–H and O–H groups in total. The van der Waals surface area contributed by atoms with Crippen molar-refractivity contribution in [3.05, 3.63) is 22.4 Å². The monoisotopic (exact) mass is 211 g/mol. The topological polar surface area (TPSA) is 49.3 Å². The zero-order valence-corrected chi connectivity index (χ0v) is 8.59. The first-order valence-electron chi connectivity index (χ1n) is 4.77. The Bertz CT molecular complexity index is 306. The van der Waals surface area contributed by atoms with Crippen LogP contribution >= 0.6 is 11.3 Å². The maximum atomic E-state index is 11.0. The summed E-state index contributed by atoms with van der Waals surface area (Å²) in [6.07, 6.45) is 2.48. The Morgan fingerprint density at radius 1 is 1.71 bits per heavy atom. The van der Waals surface area contributed by atoms with Crippen LogP contribution in [0.1, 0.15) is 23.8 Å². The van der Waals surface area contributed by atoms with Gasteiger partial charge in [0.15, 0.2) is 0 Å². The number of nitrogens with one attached hydrogen (secondary N) is 1. The lowest BCUT2D eigenvalue weighted by Crippen LogP contribution is -2.29. The van der Waals surface area contributed by atoms with E-state index in [1.807, 2.05) is 17.5 Å². The molecule has 2 rings (SSSR count). The molecule has 3 nitrogen and oxygen atoms in total. The molecule has 4 heteroatoms. The molecule has 1 fully saturated rings. The molecule has 0 aliphatic heterocycles. The van der Waals surface area contributed by atoms with E-state index >= 15 is 0 Å². The number of thiophene rings is 1. The minimum absolute atomic E-state index is 0.518. The summed E-state index contributed by atoms with van der Waals surface area (Å²) >= 11 is 1.49. The molecule has 1 aromatic rings. The predicted octanol–water partition coefficient (Wildman–Crippen LogP) is 1.87. The highest BCUT2D eigenvalue weighted by atomic mass is 32.1. The number of rotatable bonds is 5. The molecule has 0 spiro atoms. The third kappa shape index (κ3) is 2.33. The van der Waals surface area contributed by atoms with Gasteiger partial charge in [-0.1, -0.05) is 6.07 Å². The van der Waals surface area contributed by atoms with Gasteiger partial charge in [-0.2, -0.15) is 0 Å². The lowest BCUT2D eigenvalue weighted by atomic mass is 10.2. The quantitative estimate of drug-likeness (QED) is 0.781. The molecule has 1 heterocycles. The van der Waals surface area contributed by atoms with Gasteiger partial charge in [-0.25, -0.2) is 0 Å². The lowest BCUT2D eigenvalue weighted by Gasteiger charge is -2.11. The minimum atomic E-state index is -0.784. The van der Waals surface area contributed by atoms with Gasteiger partial charge in [0.25, 0.3) is 0 Å². The van der Waals surface area contributed by atoms with E-state index in [0.29, 0.717) is 5.92 Å². The Hall–Kier alpha value is -0.870. The summed E-state index contributed by atoms with van der Waals surface area (Å²) in [5, 5.41) is 14.0. The van der Waals surface area contributed by atoms with E-state index in [1.165, 1.54) is 24.2 Å². The highest BCUT2D eigenvalue weighted by Gasteiger charge is 2.25. The van der Waals surface area contributed by atoms with Crippen LogP contribution in [0.3, 0.4) is 0 Å². The molecule has 76 valence electrons. The number of hydrogen-bond donors (Lipinski definition) is 2. The van der Waals surface area contributed by atoms with Gasteiger partial charge >= 0.3 is 5.97 Å². The maximum absolute atomic E-state index is 11.0. The van der Waals surface area contributed by atoms with Crippen molar-refractivity contribution in [2.45, 2.75) is 18.9 Å². The minimum Gasteiger partial charge on any atom is -0.480 e. The van der Waals surface area contributed by atoms with Crippen molar-refractivity contribution in [1.82, 2.24) is 5.32 Å². The van der Waals surface area contributed by atoms with Gasteiger partial charge in [-0.05, 0) is 36.8 Å². The van der Waals surface area contributed by atoms with Crippen LogP contribution in [0.4, 0.5) is 0 Å². The number of carboxylic acid groups (broad SMARTS) is 1. The van der Waals surface area contributed by atoms with Gasteiger partial charge < -0.3 is 5.11 Å². The molecular weight excluding hydrogens is 198 g/mol. The van der Waals surface area contributed by atoms with Gasteiger partial charge in [-0.3, -0.25) is 10.1 Å². The molecule has 1 saturated carbocycles. The Balaban J connectivity index is 1.96. The summed E-state index contributed by atoms with van der Waals surface area (Å²) in [5.74, 6) is -0.0788. The van der Waals surface area contributed by atoms with Gasteiger partial charge in [0.05, 0.1) is 0 Å². The molecule has 1 aromatic heterocycles. The van der Waals surface area contributed by atoms with Crippen LogP contribution in [0.25, 0.3) is 0 Å². The number of hydrogen-bond acceptors (Lipinski definition) is 3. The Kier molecular flexibility index (Phi) is 2.84. The van der Waals surface area contributed by atoms with E-state index in [1.54, 1.807) is 0 Å². The molecule has 0 radical (unpaired) electrons. The summed E-state index contributed by atoms with van der Waals surface area (Å²) in [7, 11) is 0. The summed E-state index contributed by atoms with van der Waals surface area (Å²) in [6, 6.07) is 3.23. The summed E-state index contributed by atoms with van der Waals surface area (Å²) < 4.78 is 0. The summed E-state index contributed by atoms with van der Waals surface area (Å²) in [4.78, 5) is 11.9. The molecule has 0 saturated heterocycles. The fraction of sp³-hybridized carbons (Fsp3) is 0.500. The largest absolute Gasteiger partial charge is 0.480 e. The zero-order chi connectivity index (χ0) is 9.97. The van der Waals surface area contributed by atoms with E-state index < -0.39 is 12.0 Å². The number of carbonyl (C=O) groups is 1. The first-order valence-corrected chi connectivity index (χ1v) is 5.65. The van der Waals surface area contributed by atoms with E-state index in [-0.39, 0.29) is 0 Å². The molecule has 1 aliphatic rings. The van der Waals surface area contributed by atoms with E-state index in [4.69, 9.17) is 5.11 Å². The summed E-state index contributed by atoms with van der Waals surface area (Å²) in [5.41, 5.74) is 0. The Morgan fingerprint density at radius 2 is 2.50 bits per heavy atom. The highest BCUT2D eigenvalue weighted by Crippen LogP contribution is 2.29. The van der Waals surface area contributed by atoms with Crippen LogP contribution in [0.2, 0.25) is 0 Å². The van der Waals surface area contributed by atoms with Gasteiger partial charge in [-0.15, -0.1) is 11.3 Å². The van der Waals surface area contributed by atoms with Crippen LogP contribution in [0.5, 0.6) is 0 Å². The molecule has 14 heavy (non-hydrogen) atoms. The molecular formula is C10H13NO2S. The summed E-state index contributed by atoms with van der Waals surface area (Å²) in [6.45, 7) is 0.828. The smallest absolute Gasteiger partial charge is 0.326 e. The maximum Gasteiger partial charge on any atom is 0.326 e. The first kappa shape index (κ1) is 9.68. The average molecular weight is 211 g/mol. The van der Waals surface area contributed by atoms with Crippen LogP contribution in [-0.2, 0) is 4.79 Å². The molecule has 1 aliphatic carbocycles. The second-order valence-corrected chi connectivity index (χ2v) is 4.62. The van der Waals surface area contributed by atoms with E-state index in [0.717, 1.165) is 11.4 Å². The van der Waals surface area contributed by atoms with Crippen molar-refractivity contribution in [3.8, 4) is 0 Å². The fourth-order valence-electron chi connectivity index (χ4n) is 1.37. The van der Waals surface area contributed by atoms with Crippen LogP contribution in [0, 0.1) is 5.92 Å². The third-order valence-electron chi connectivity index (χ3n) is 2.38. The molecule has 0 aromatic carbocycles. The molecule has 1 atom stereocenters. The zero-order valence-electron chi connectivity index (χ0n) is 7.77. The molecule has 0 amide bonds. The Morgan fingerprint density at radius 3 is 3.00 bits per heavy atom. The van der Waals surface area contributed by atoms with Crippen LogP contribution < -0.4 is 5.32 Å². The van der Waals surface area contributed by atoms with E-state index in [2.05, 4.69) is 5.32 Å². The van der Waals surface area contributed by atoms with Crippen molar-refractivity contribution in [1.29, 1.82) is 0 Å². The van der Waals surface area contributed by atoms with Crippen LogP contribution in [0.15, 0.2) is 17.5 Å². The van der Waals surface area contributed by atoms with Crippen LogP contribution in [-0.4, -0.2) is 17.6 Å². The second-order valence-electron chi connectivity index (χ2n) is 3.64. The normalized spacial score (nSPS) is 18.0. The van der Waals surface area contributed by atoms with Crippen molar-refractivity contribution in [2.24, 2.45) is 5.92 Å². The second kappa shape index (κ2) is 4.11. The number of carboxylic acids is 1. The fourth-order valence-corrected chi connectivity index (χ4v) is 2.16. The average Bonchev–Trinajstić information content (AvgIpc) is 2.80. The third-order valence-corrected chi connectivity index (χ3v) is 3.32. The highest BCUT2D eigenvalue weighted by molar-refractivity contribution is 7.10. The van der Waals surface area contributed by atoms with Crippen molar-refractivity contribution in [3.63, 3.8) is 0 Å². The van der Waals surface area contributed by atoms with Gasteiger partial charge in [0.1, 0.15) is 6.04 Å². The number of aliphatic carboxylic acids is 1.